The number of alkyl halides is 3. The molecule has 1 aliphatic heterocycles. The lowest BCUT2D eigenvalue weighted by Gasteiger charge is -2.32. The first-order valence-electron chi connectivity index (χ1n) is 7.18. The second kappa shape index (κ2) is 6.08. The molecule has 1 fully saturated rings. The smallest absolute Gasteiger partial charge is 0.425 e. The fourth-order valence-corrected chi connectivity index (χ4v) is 2.77. The van der Waals surface area contributed by atoms with Crippen molar-refractivity contribution < 1.29 is 22.6 Å². The highest BCUT2D eigenvalue weighted by molar-refractivity contribution is 5.68. The molecule has 1 aliphatic rings. The Labute approximate surface area is 130 Å². The Morgan fingerprint density at radius 2 is 2.13 bits per heavy atom. The molecule has 1 atom stereocenters. The van der Waals surface area contributed by atoms with Gasteiger partial charge in [-0.1, -0.05) is 0 Å². The van der Waals surface area contributed by atoms with Crippen molar-refractivity contribution in [2.75, 3.05) is 13.2 Å². The van der Waals surface area contributed by atoms with Crippen LogP contribution in [0.2, 0.25) is 0 Å². The van der Waals surface area contributed by atoms with E-state index in [0.717, 1.165) is 0 Å². The molecular weight excluding hydrogens is 311 g/mol. The number of nitrogens with zero attached hydrogens (tertiary/aromatic N) is 3. The van der Waals surface area contributed by atoms with Gasteiger partial charge >= 0.3 is 6.18 Å². The first-order chi connectivity index (χ1) is 11.0. The van der Waals surface area contributed by atoms with E-state index in [2.05, 4.69) is 5.10 Å². The van der Waals surface area contributed by atoms with Gasteiger partial charge in [-0.3, -0.25) is 0 Å². The monoisotopic (exact) mass is 325 g/mol. The van der Waals surface area contributed by atoms with Crippen LogP contribution in [0.3, 0.4) is 0 Å². The molecule has 2 aromatic heterocycles. The van der Waals surface area contributed by atoms with Gasteiger partial charge < -0.3 is 9.47 Å². The summed E-state index contributed by atoms with van der Waals surface area (Å²) in [6.07, 6.45) is -2.99. The molecule has 3 heterocycles. The Morgan fingerprint density at radius 1 is 1.39 bits per heavy atom. The molecular formula is C15H14F3N3O2. The molecule has 1 unspecified atom stereocenters. The number of hydrogen-bond donors (Lipinski definition) is 0. The minimum absolute atomic E-state index is 0.00960. The predicted octanol–water partition coefficient (Wildman–Crippen LogP) is 2.94. The van der Waals surface area contributed by atoms with Crippen molar-refractivity contribution in [1.29, 1.82) is 5.26 Å². The summed E-state index contributed by atoms with van der Waals surface area (Å²) in [7, 11) is 0. The third kappa shape index (κ3) is 3.10. The van der Waals surface area contributed by atoms with Gasteiger partial charge in [0.15, 0.2) is 6.10 Å². The van der Waals surface area contributed by atoms with Crippen molar-refractivity contribution >= 4 is 5.52 Å². The van der Waals surface area contributed by atoms with Crippen LogP contribution in [-0.2, 0) is 4.74 Å². The van der Waals surface area contributed by atoms with Crippen LogP contribution < -0.4 is 4.74 Å². The molecule has 0 bridgehead atoms. The van der Waals surface area contributed by atoms with Gasteiger partial charge in [0, 0.05) is 25.3 Å². The van der Waals surface area contributed by atoms with Crippen molar-refractivity contribution in [3.8, 4) is 11.8 Å². The highest BCUT2D eigenvalue weighted by Gasteiger charge is 2.47. The Balaban J connectivity index is 1.97. The maximum Gasteiger partial charge on any atom is 0.425 e. The number of nitriles is 1. The molecule has 3 rings (SSSR count). The summed E-state index contributed by atoms with van der Waals surface area (Å²) < 4.78 is 52.1. The van der Waals surface area contributed by atoms with E-state index >= 15 is 0 Å². The first-order valence-corrected chi connectivity index (χ1v) is 7.18. The SMILES string of the molecule is N#Cc1cnn2cccc(OC(C3CCOCC3)C(F)(F)F)c12. The molecule has 1 saturated heterocycles. The van der Waals surface area contributed by atoms with Gasteiger partial charge in [0.25, 0.3) is 0 Å². The number of fused-ring (bicyclic) bond motifs is 1. The fourth-order valence-electron chi connectivity index (χ4n) is 2.77. The van der Waals surface area contributed by atoms with E-state index in [0.29, 0.717) is 13.2 Å². The quantitative estimate of drug-likeness (QED) is 0.870. The molecule has 0 aromatic carbocycles. The van der Waals surface area contributed by atoms with Crippen molar-refractivity contribution in [1.82, 2.24) is 9.61 Å². The van der Waals surface area contributed by atoms with Crippen molar-refractivity contribution in [2.24, 2.45) is 5.92 Å². The summed E-state index contributed by atoms with van der Waals surface area (Å²) in [4.78, 5) is 0. The number of halogens is 3. The highest BCUT2D eigenvalue weighted by atomic mass is 19.4. The maximum absolute atomic E-state index is 13.4. The summed E-state index contributed by atoms with van der Waals surface area (Å²) in [6.45, 7) is 0.585. The highest BCUT2D eigenvalue weighted by Crippen LogP contribution is 2.36. The summed E-state index contributed by atoms with van der Waals surface area (Å²) in [6, 6.07) is 4.88. The lowest BCUT2D eigenvalue weighted by molar-refractivity contribution is -0.216. The van der Waals surface area contributed by atoms with Crippen LogP contribution in [0.15, 0.2) is 24.5 Å². The molecule has 5 nitrogen and oxygen atoms in total. The van der Waals surface area contributed by atoms with Crippen LogP contribution in [0, 0.1) is 17.2 Å². The Morgan fingerprint density at radius 3 is 2.78 bits per heavy atom. The van der Waals surface area contributed by atoms with Gasteiger partial charge in [0.1, 0.15) is 22.9 Å². The van der Waals surface area contributed by atoms with E-state index in [4.69, 9.17) is 14.7 Å². The molecule has 0 saturated carbocycles. The van der Waals surface area contributed by atoms with E-state index < -0.39 is 18.2 Å². The average molecular weight is 325 g/mol. The number of pyridine rings is 1. The first kappa shape index (κ1) is 15.6. The Hall–Kier alpha value is -2.27. The minimum Gasteiger partial charge on any atom is -0.478 e. The standard InChI is InChI=1S/C15H14F3N3O2/c16-15(17,18)14(10-3-6-22-7-4-10)23-12-2-1-5-21-13(12)11(8-19)9-20-21/h1-2,5,9-10,14H,3-4,6-7H2. The summed E-state index contributed by atoms with van der Waals surface area (Å²) in [5.41, 5.74) is 0.421. The molecule has 2 aromatic rings. The molecule has 0 aliphatic carbocycles. The molecule has 0 N–H and O–H groups in total. The van der Waals surface area contributed by atoms with Gasteiger partial charge in [0.2, 0.25) is 0 Å². The number of aromatic nitrogens is 2. The second-order valence-electron chi connectivity index (χ2n) is 5.37. The van der Waals surface area contributed by atoms with E-state index in [1.54, 1.807) is 6.20 Å². The third-order valence-corrected chi connectivity index (χ3v) is 3.89. The van der Waals surface area contributed by atoms with E-state index in [1.165, 1.54) is 22.8 Å². The van der Waals surface area contributed by atoms with Crippen LogP contribution >= 0.6 is 0 Å². The van der Waals surface area contributed by atoms with Crippen LogP contribution in [0.25, 0.3) is 5.52 Å². The van der Waals surface area contributed by atoms with Gasteiger partial charge in [-0.25, -0.2) is 4.52 Å². The molecule has 0 spiro atoms. The molecule has 23 heavy (non-hydrogen) atoms. The minimum atomic E-state index is -4.50. The number of rotatable bonds is 3. The second-order valence-corrected chi connectivity index (χ2v) is 5.37. The zero-order valence-corrected chi connectivity index (χ0v) is 12.1. The normalized spacial score (nSPS) is 17.8. The predicted molar refractivity (Wildman–Crippen MR) is 73.9 cm³/mol. The van der Waals surface area contributed by atoms with E-state index in [1.807, 2.05) is 6.07 Å². The molecule has 8 heteroatoms. The van der Waals surface area contributed by atoms with Gasteiger partial charge in [-0.05, 0) is 25.0 Å². The Bertz CT molecular complexity index is 730. The molecule has 0 radical (unpaired) electrons. The summed E-state index contributed by atoms with van der Waals surface area (Å²) >= 11 is 0. The third-order valence-electron chi connectivity index (χ3n) is 3.89. The maximum atomic E-state index is 13.4. The molecule has 0 amide bonds. The van der Waals surface area contributed by atoms with Crippen molar-refractivity contribution in [3.63, 3.8) is 0 Å². The topological polar surface area (TPSA) is 59.6 Å². The largest absolute Gasteiger partial charge is 0.478 e. The zero-order chi connectivity index (χ0) is 16.4. The fraction of sp³-hybridized carbons (Fsp3) is 0.467. The average Bonchev–Trinajstić information content (AvgIpc) is 2.96. The lowest BCUT2D eigenvalue weighted by Crippen LogP contribution is -2.43. The van der Waals surface area contributed by atoms with Gasteiger partial charge in [-0.2, -0.15) is 23.5 Å². The van der Waals surface area contributed by atoms with Crippen molar-refractivity contribution in [2.45, 2.75) is 25.1 Å². The number of ether oxygens (including phenoxy) is 2. The Kier molecular flexibility index (Phi) is 4.13. The molecule has 122 valence electrons. The zero-order valence-electron chi connectivity index (χ0n) is 12.1. The number of hydrogen-bond acceptors (Lipinski definition) is 4. The summed E-state index contributed by atoms with van der Waals surface area (Å²) in [5.74, 6) is -0.659. The van der Waals surface area contributed by atoms with E-state index in [9.17, 15) is 13.2 Å². The van der Waals surface area contributed by atoms with Crippen LogP contribution in [0.1, 0.15) is 18.4 Å². The van der Waals surface area contributed by atoms with Crippen LogP contribution in [0.5, 0.6) is 5.75 Å². The van der Waals surface area contributed by atoms with Gasteiger partial charge in [-0.15, -0.1) is 0 Å². The summed E-state index contributed by atoms with van der Waals surface area (Å²) in [5, 5.41) is 13.0. The van der Waals surface area contributed by atoms with Crippen molar-refractivity contribution in [3.05, 3.63) is 30.1 Å². The van der Waals surface area contributed by atoms with E-state index in [-0.39, 0.29) is 29.7 Å². The van der Waals surface area contributed by atoms with Crippen LogP contribution in [0.4, 0.5) is 13.2 Å². The van der Waals surface area contributed by atoms with Gasteiger partial charge in [0.05, 0.1) is 6.20 Å². The van der Waals surface area contributed by atoms with Crippen LogP contribution in [-0.4, -0.2) is 35.1 Å². The lowest BCUT2D eigenvalue weighted by atomic mass is 9.93.